The Morgan fingerprint density at radius 1 is 1.16 bits per heavy atom. The van der Waals surface area contributed by atoms with Gasteiger partial charge in [0.15, 0.2) is 0 Å². The Balaban J connectivity index is 2.53. The normalized spacial score (nSPS) is 10.8. The van der Waals surface area contributed by atoms with Gasteiger partial charge < -0.3 is 18.6 Å². The van der Waals surface area contributed by atoms with Crippen molar-refractivity contribution in [2.24, 2.45) is 0 Å². The second-order valence-corrected chi connectivity index (χ2v) is 4.89. The third kappa shape index (κ3) is 4.26. The van der Waals surface area contributed by atoms with Gasteiger partial charge in [-0.15, -0.1) is 0 Å². The molecule has 0 amide bonds. The fraction of sp³-hybridized carbons (Fsp3) is 0.278. The van der Waals surface area contributed by atoms with Crippen molar-refractivity contribution in [2.75, 3.05) is 20.3 Å². The lowest BCUT2D eigenvalue weighted by Gasteiger charge is -2.10. The van der Waals surface area contributed by atoms with Gasteiger partial charge in [-0.05, 0) is 38.1 Å². The van der Waals surface area contributed by atoms with Gasteiger partial charge in [-0.25, -0.2) is 14.4 Å². The van der Waals surface area contributed by atoms with Gasteiger partial charge >= 0.3 is 17.6 Å². The number of rotatable bonds is 6. The van der Waals surface area contributed by atoms with Gasteiger partial charge in [-0.2, -0.15) is 0 Å². The van der Waals surface area contributed by atoms with E-state index in [2.05, 4.69) is 0 Å². The minimum Gasteiger partial charge on any atom is -0.493 e. The topological polar surface area (TPSA) is 92.0 Å². The highest BCUT2D eigenvalue weighted by Gasteiger charge is 2.16. The molecule has 1 heterocycles. The molecule has 0 aliphatic carbocycles. The van der Waals surface area contributed by atoms with Gasteiger partial charge in [0.25, 0.3) is 0 Å². The fourth-order valence-electron chi connectivity index (χ4n) is 2.17. The average molecular weight is 346 g/mol. The van der Waals surface area contributed by atoms with Crippen LogP contribution in [0.3, 0.4) is 0 Å². The standard InChI is InChI=1S/C18H18O7/c1-4-23-15-9-12-8-11(6-7-16(19)24-5-2)17(20)25-14(12)10-13(15)18(21)22-3/h6-10H,4-5H2,1-3H3/b7-6+. The second-order valence-electron chi connectivity index (χ2n) is 4.89. The predicted molar refractivity (Wildman–Crippen MR) is 90.7 cm³/mol. The maximum absolute atomic E-state index is 12.0. The molecule has 0 saturated carbocycles. The number of benzene rings is 1. The number of carbonyl (C=O) groups is 2. The highest BCUT2D eigenvalue weighted by atomic mass is 16.5. The molecule has 2 aromatic rings. The fourth-order valence-corrected chi connectivity index (χ4v) is 2.17. The molecule has 2 rings (SSSR count). The van der Waals surface area contributed by atoms with E-state index in [1.54, 1.807) is 26.0 Å². The van der Waals surface area contributed by atoms with Crippen LogP contribution in [0.4, 0.5) is 0 Å². The molecule has 0 spiro atoms. The number of esters is 2. The number of ether oxygens (including phenoxy) is 3. The highest BCUT2D eigenvalue weighted by Crippen LogP contribution is 2.27. The third-order valence-electron chi connectivity index (χ3n) is 3.25. The van der Waals surface area contributed by atoms with Crippen LogP contribution in [0.5, 0.6) is 5.75 Å². The van der Waals surface area contributed by atoms with Crippen LogP contribution in [0.2, 0.25) is 0 Å². The van der Waals surface area contributed by atoms with Crippen LogP contribution in [0, 0.1) is 0 Å². The summed E-state index contributed by atoms with van der Waals surface area (Å²) in [7, 11) is 1.25. The molecular formula is C18H18O7. The van der Waals surface area contributed by atoms with Crippen molar-refractivity contribution < 1.29 is 28.2 Å². The maximum atomic E-state index is 12.0. The lowest BCUT2D eigenvalue weighted by Crippen LogP contribution is -2.08. The number of hydrogen-bond donors (Lipinski definition) is 0. The van der Waals surface area contributed by atoms with E-state index in [4.69, 9.17) is 18.6 Å². The monoisotopic (exact) mass is 346 g/mol. The molecule has 0 bridgehead atoms. The second kappa shape index (κ2) is 8.14. The van der Waals surface area contributed by atoms with Gasteiger partial charge in [0.05, 0.1) is 25.9 Å². The van der Waals surface area contributed by atoms with E-state index in [1.807, 2.05) is 0 Å². The molecule has 0 N–H and O–H groups in total. The summed E-state index contributed by atoms with van der Waals surface area (Å²) in [5, 5.41) is 0.541. The Bertz CT molecular complexity index is 877. The van der Waals surface area contributed by atoms with Crippen molar-refractivity contribution >= 4 is 29.0 Å². The molecule has 25 heavy (non-hydrogen) atoms. The molecule has 132 valence electrons. The zero-order valence-corrected chi connectivity index (χ0v) is 14.2. The minimum atomic E-state index is -0.645. The van der Waals surface area contributed by atoms with E-state index >= 15 is 0 Å². The summed E-state index contributed by atoms with van der Waals surface area (Å²) < 4.78 is 20.2. The number of hydrogen-bond acceptors (Lipinski definition) is 7. The van der Waals surface area contributed by atoms with E-state index in [9.17, 15) is 14.4 Å². The van der Waals surface area contributed by atoms with Gasteiger partial charge in [0.2, 0.25) is 0 Å². The summed E-state index contributed by atoms with van der Waals surface area (Å²) in [5.74, 6) is -0.839. The lowest BCUT2D eigenvalue weighted by molar-refractivity contribution is -0.137. The molecule has 0 aliphatic rings. The molecule has 1 aromatic heterocycles. The number of fused-ring (bicyclic) bond motifs is 1. The Hall–Kier alpha value is -3.09. The first-order valence-electron chi connectivity index (χ1n) is 7.68. The summed E-state index contributed by atoms with van der Waals surface area (Å²) in [6.45, 7) is 4.06. The van der Waals surface area contributed by atoms with E-state index in [0.29, 0.717) is 17.7 Å². The van der Waals surface area contributed by atoms with Crippen LogP contribution in [-0.4, -0.2) is 32.3 Å². The molecule has 0 radical (unpaired) electrons. The first kappa shape index (κ1) is 18.3. The lowest BCUT2D eigenvalue weighted by atomic mass is 10.1. The van der Waals surface area contributed by atoms with Crippen LogP contribution in [0.15, 0.2) is 33.5 Å². The zero-order valence-electron chi connectivity index (χ0n) is 14.2. The van der Waals surface area contributed by atoms with E-state index in [0.717, 1.165) is 6.08 Å². The summed E-state index contributed by atoms with van der Waals surface area (Å²) >= 11 is 0. The number of carbonyl (C=O) groups excluding carboxylic acids is 2. The van der Waals surface area contributed by atoms with Crippen molar-refractivity contribution in [1.29, 1.82) is 0 Å². The van der Waals surface area contributed by atoms with Crippen molar-refractivity contribution in [2.45, 2.75) is 13.8 Å². The molecule has 1 aromatic carbocycles. The average Bonchev–Trinajstić information content (AvgIpc) is 2.59. The Kier molecular flexibility index (Phi) is 5.94. The highest BCUT2D eigenvalue weighted by molar-refractivity contribution is 5.97. The van der Waals surface area contributed by atoms with Gasteiger partial charge in [0, 0.05) is 11.5 Å². The van der Waals surface area contributed by atoms with Crippen molar-refractivity contribution in [3.63, 3.8) is 0 Å². The molecule has 7 heteroatoms. The molecule has 0 unspecified atom stereocenters. The smallest absolute Gasteiger partial charge is 0.343 e. The Morgan fingerprint density at radius 2 is 1.92 bits per heavy atom. The zero-order chi connectivity index (χ0) is 18.4. The Morgan fingerprint density at radius 3 is 2.56 bits per heavy atom. The maximum Gasteiger partial charge on any atom is 0.343 e. The summed E-state index contributed by atoms with van der Waals surface area (Å²) in [5.41, 5.74) is -0.0983. The molecule has 0 fully saturated rings. The van der Waals surface area contributed by atoms with Gasteiger partial charge in [-0.1, -0.05) is 0 Å². The quantitative estimate of drug-likeness (QED) is 0.451. The largest absolute Gasteiger partial charge is 0.493 e. The molecule has 0 aliphatic heterocycles. The molecular weight excluding hydrogens is 328 g/mol. The van der Waals surface area contributed by atoms with Crippen LogP contribution in [0.1, 0.15) is 29.8 Å². The summed E-state index contributed by atoms with van der Waals surface area (Å²) in [4.78, 5) is 35.3. The first-order valence-corrected chi connectivity index (χ1v) is 7.68. The molecule has 7 nitrogen and oxygen atoms in total. The van der Waals surface area contributed by atoms with E-state index < -0.39 is 17.6 Å². The predicted octanol–water partition coefficient (Wildman–Crippen LogP) is 2.55. The van der Waals surface area contributed by atoms with Crippen LogP contribution >= 0.6 is 0 Å². The molecule has 0 atom stereocenters. The minimum absolute atomic E-state index is 0.162. The van der Waals surface area contributed by atoms with Crippen molar-refractivity contribution in [3.05, 3.63) is 45.8 Å². The van der Waals surface area contributed by atoms with Crippen molar-refractivity contribution in [1.82, 2.24) is 0 Å². The third-order valence-corrected chi connectivity index (χ3v) is 3.25. The van der Waals surface area contributed by atoms with Crippen LogP contribution in [0.25, 0.3) is 17.0 Å². The van der Waals surface area contributed by atoms with Crippen molar-refractivity contribution in [3.8, 4) is 5.75 Å². The van der Waals surface area contributed by atoms with E-state index in [1.165, 1.54) is 19.3 Å². The van der Waals surface area contributed by atoms with Crippen LogP contribution in [-0.2, 0) is 14.3 Å². The van der Waals surface area contributed by atoms with E-state index in [-0.39, 0.29) is 23.3 Å². The first-order chi connectivity index (χ1) is 12.0. The Labute approximate surface area is 143 Å². The summed E-state index contributed by atoms with van der Waals surface area (Å²) in [6.07, 6.45) is 2.46. The molecule has 0 saturated heterocycles. The van der Waals surface area contributed by atoms with Gasteiger partial charge in [-0.3, -0.25) is 0 Å². The number of methoxy groups -OCH3 is 1. The SMILES string of the molecule is CCOC(=O)/C=C/c1cc2cc(OCC)c(C(=O)OC)cc2oc1=O. The van der Waals surface area contributed by atoms with Crippen LogP contribution < -0.4 is 10.4 Å². The summed E-state index contributed by atoms with van der Waals surface area (Å²) in [6, 6.07) is 4.52. The van der Waals surface area contributed by atoms with Gasteiger partial charge in [0.1, 0.15) is 16.9 Å².